The van der Waals surface area contributed by atoms with Gasteiger partial charge in [0, 0.05) is 5.33 Å². The fourth-order valence-corrected chi connectivity index (χ4v) is 1.55. The zero-order valence-corrected chi connectivity index (χ0v) is 13.6. The summed E-state index contributed by atoms with van der Waals surface area (Å²) < 4.78 is 10.3. The number of carbonyl (C=O) groups excluding carboxylic acids is 2. The standard InChI is InChI=1S/C13H23BrO4/c1-12(2,3)9(10(15)17-8-7-14)11(16)18-13(4,5)6/h9H,7-8H2,1-6H3. The molecule has 18 heavy (non-hydrogen) atoms. The van der Waals surface area contributed by atoms with Crippen molar-refractivity contribution >= 4 is 27.9 Å². The van der Waals surface area contributed by atoms with E-state index >= 15 is 0 Å². The van der Waals surface area contributed by atoms with E-state index in [2.05, 4.69) is 15.9 Å². The molecule has 0 aliphatic carbocycles. The van der Waals surface area contributed by atoms with Crippen molar-refractivity contribution in [2.75, 3.05) is 11.9 Å². The van der Waals surface area contributed by atoms with Crippen LogP contribution in [-0.4, -0.2) is 29.5 Å². The van der Waals surface area contributed by atoms with E-state index in [0.717, 1.165) is 0 Å². The molecule has 0 aliphatic rings. The molecule has 0 fully saturated rings. The average Bonchev–Trinajstić information content (AvgIpc) is 2.09. The molecule has 0 aliphatic heterocycles. The largest absolute Gasteiger partial charge is 0.464 e. The van der Waals surface area contributed by atoms with Crippen molar-refractivity contribution in [3.05, 3.63) is 0 Å². The van der Waals surface area contributed by atoms with Gasteiger partial charge in [0.1, 0.15) is 12.2 Å². The molecule has 0 radical (unpaired) electrons. The molecule has 0 aromatic carbocycles. The van der Waals surface area contributed by atoms with Gasteiger partial charge in [-0.3, -0.25) is 9.59 Å². The molecular formula is C13H23BrO4. The maximum absolute atomic E-state index is 12.1. The molecule has 1 atom stereocenters. The molecule has 5 heteroatoms. The first-order valence-electron chi connectivity index (χ1n) is 5.94. The summed E-state index contributed by atoms with van der Waals surface area (Å²) in [5.74, 6) is -1.97. The second-order valence-electron chi connectivity index (χ2n) is 6.19. The van der Waals surface area contributed by atoms with E-state index in [1.165, 1.54) is 0 Å². The van der Waals surface area contributed by atoms with Gasteiger partial charge >= 0.3 is 11.9 Å². The van der Waals surface area contributed by atoms with Gasteiger partial charge in [-0.25, -0.2) is 0 Å². The molecule has 4 nitrogen and oxygen atoms in total. The molecule has 0 heterocycles. The molecule has 106 valence electrons. The summed E-state index contributed by atoms with van der Waals surface area (Å²) in [5.41, 5.74) is -1.15. The summed E-state index contributed by atoms with van der Waals surface area (Å²) in [5, 5.41) is 0.546. The van der Waals surface area contributed by atoms with Gasteiger partial charge < -0.3 is 9.47 Å². The Hall–Kier alpha value is -0.580. The van der Waals surface area contributed by atoms with Gasteiger partial charge in [-0.05, 0) is 26.2 Å². The minimum Gasteiger partial charge on any atom is -0.464 e. The second kappa shape index (κ2) is 6.55. The second-order valence-corrected chi connectivity index (χ2v) is 6.98. The van der Waals surface area contributed by atoms with Gasteiger partial charge in [-0.2, -0.15) is 0 Å². The van der Waals surface area contributed by atoms with Crippen molar-refractivity contribution in [1.29, 1.82) is 0 Å². The third kappa shape index (κ3) is 6.38. The van der Waals surface area contributed by atoms with Gasteiger partial charge in [0.2, 0.25) is 0 Å². The Labute approximate surface area is 118 Å². The summed E-state index contributed by atoms with van der Waals surface area (Å²) in [6.45, 7) is 11.0. The Kier molecular flexibility index (Phi) is 6.34. The fourth-order valence-electron chi connectivity index (χ4n) is 1.39. The van der Waals surface area contributed by atoms with Crippen LogP contribution in [0.4, 0.5) is 0 Å². The van der Waals surface area contributed by atoms with Crippen LogP contribution in [0.1, 0.15) is 41.5 Å². The molecule has 1 unspecified atom stereocenters. The fraction of sp³-hybridized carbons (Fsp3) is 0.846. The van der Waals surface area contributed by atoms with Crippen molar-refractivity contribution in [3.8, 4) is 0 Å². The first-order chi connectivity index (χ1) is 7.99. The van der Waals surface area contributed by atoms with Crippen LogP contribution in [0.3, 0.4) is 0 Å². The minimum absolute atomic E-state index is 0.244. The highest BCUT2D eigenvalue weighted by Gasteiger charge is 2.41. The van der Waals surface area contributed by atoms with E-state index in [0.29, 0.717) is 5.33 Å². The number of ether oxygens (including phenoxy) is 2. The topological polar surface area (TPSA) is 52.6 Å². The molecule has 0 N–H and O–H groups in total. The van der Waals surface area contributed by atoms with E-state index < -0.39 is 28.9 Å². The van der Waals surface area contributed by atoms with Gasteiger partial charge in [0.05, 0.1) is 0 Å². The lowest BCUT2D eigenvalue weighted by Crippen LogP contribution is -2.41. The highest BCUT2D eigenvalue weighted by atomic mass is 79.9. The first-order valence-corrected chi connectivity index (χ1v) is 7.06. The molecule has 0 saturated carbocycles. The van der Waals surface area contributed by atoms with Crippen LogP contribution >= 0.6 is 15.9 Å². The molecule has 0 aromatic rings. The van der Waals surface area contributed by atoms with E-state index in [1.807, 2.05) is 20.8 Å². The van der Waals surface area contributed by atoms with Gasteiger partial charge in [0.15, 0.2) is 5.92 Å². The number of carbonyl (C=O) groups is 2. The predicted molar refractivity (Wildman–Crippen MR) is 73.5 cm³/mol. The van der Waals surface area contributed by atoms with E-state index in [4.69, 9.17) is 9.47 Å². The number of halogens is 1. The summed E-state index contributed by atoms with van der Waals surface area (Å²) in [7, 11) is 0. The van der Waals surface area contributed by atoms with Gasteiger partial charge in [-0.1, -0.05) is 36.7 Å². The molecular weight excluding hydrogens is 300 g/mol. The van der Waals surface area contributed by atoms with E-state index in [9.17, 15) is 9.59 Å². The molecule has 0 amide bonds. The van der Waals surface area contributed by atoms with Crippen LogP contribution < -0.4 is 0 Å². The van der Waals surface area contributed by atoms with Gasteiger partial charge in [-0.15, -0.1) is 0 Å². The summed E-state index contributed by atoms with van der Waals surface area (Å²) in [6.07, 6.45) is 0. The Morgan fingerprint density at radius 1 is 1.06 bits per heavy atom. The number of hydrogen-bond acceptors (Lipinski definition) is 4. The number of alkyl halides is 1. The van der Waals surface area contributed by atoms with Crippen molar-refractivity contribution in [1.82, 2.24) is 0 Å². The van der Waals surface area contributed by atoms with Crippen LogP contribution in [-0.2, 0) is 19.1 Å². The van der Waals surface area contributed by atoms with Gasteiger partial charge in [0.25, 0.3) is 0 Å². The van der Waals surface area contributed by atoms with Crippen molar-refractivity contribution in [2.45, 2.75) is 47.1 Å². The van der Waals surface area contributed by atoms with Crippen molar-refractivity contribution in [2.24, 2.45) is 11.3 Å². The first kappa shape index (κ1) is 17.4. The lowest BCUT2D eigenvalue weighted by molar-refractivity contribution is -0.174. The molecule has 0 rings (SSSR count). The van der Waals surface area contributed by atoms with Crippen LogP contribution in [0.15, 0.2) is 0 Å². The number of hydrogen-bond donors (Lipinski definition) is 0. The summed E-state index contributed by atoms with van der Waals surface area (Å²) in [6, 6.07) is 0. The Bertz CT molecular complexity index is 299. The lowest BCUT2D eigenvalue weighted by atomic mass is 9.80. The Morgan fingerprint density at radius 3 is 1.89 bits per heavy atom. The molecule has 0 bridgehead atoms. The summed E-state index contributed by atoms with van der Waals surface area (Å²) >= 11 is 3.17. The minimum atomic E-state index is -0.907. The van der Waals surface area contributed by atoms with Crippen LogP contribution in [0.2, 0.25) is 0 Å². The third-order valence-electron chi connectivity index (χ3n) is 2.07. The quantitative estimate of drug-likeness (QED) is 0.453. The molecule has 0 saturated heterocycles. The van der Waals surface area contributed by atoms with Crippen molar-refractivity contribution < 1.29 is 19.1 Å². The van der Waals surface area contributed by atoms with E-state index in [1.54, 1.807) is 20.8 Å². The van der Waals surface area contributed by atoms with Crippen LogP contribution in [0, 0.1) is 11.3 Å². The SMILES string of the molecule is CC(C)(C)OC(=O)C(C(=O)OCCBr)C(C)(C)C. The monoisotopic (exact) mass is 322 g/mol. The maximum atomic E-state index is 12.1. The number of esters is 2. The maximum Gasteiger partial charge on any atom is 0.321 e. The van der Waals surface area contributed by atoms with Crippen molar-refractivity contribution in [3.63, 3.8) is 0 Å². The van der Waals surface area contributed by atoms with Crippen LogP contribution in [0.25, 0.3) is 0 Å². The Morgan fingerprint density at radius 2 is 1.56 bits per heavy atom. The predicted octanol–water partition coefficient (Wildman–Crippen LogP) is 2.93. The zero-order chi connectivity index (χ0) is 14.6. The molecule has 0 aromatic heterocycles. The number of rotatable bonds is 4. The lowest BCUT2D eigenvalue weighted by Gasteiger charge is -2.30. The smallest absolute Gasteiger partial charge is 0.321 e. The van der Waals surface area contributed by atoms with E-state index in [-0.39, 0.29) is 6.61 Å². The Balaban J connectivity index is 4.91. The zero-order valence-electron chi connectivity index (χ0n) is 12.0. The van der Waals surface area contributed by atoms with Crippen LogP contribution in [0.5, 0.6) is 0 Å². The highest BCUT2D eigenvalue weighted by molar-refractivity contribution is 9.09. The highest BCUT2D eigenvalue weighted by Crippen LogP contribution is 2.29. The normalized spacial score (nSPS) is 13.9. The third-order valence-corrected chi connectivity index (χ3v) is 2.39. The molecule has 0 spiro atoms. The summed E-state index contributed by atoms with van der Waals surface area (Å²) in [4.78, 5) is 24.0. The average molecular weight is 323 g/mol.